The number of carbonyl (C=O) groups excluding carboxylic acids is 2. The Morgan fingerprint density at radius 3 is 2.62 bits per heavy atom. The highest BCUT2D eigenvalue weighted by atomic mass is 32.1. The van der Waals surface area contributed by atoms with Gasteiger partial charge in [0.1, 0.15) is 5.70 Å². The number of anilines is 2. The van der Waals surface area contributed by atoms with Crippen molar-refractivity contribution in [2.75, 3.05) is 17.0 Å². The molecule has 0 fully saturated rings. The molecule has 0 radical (unpaired) electrons. The minimum Gasteiger partial charge on any atom is -0.454 e. The quantitative estimate of drug-likeness (QED) is 0.661. The van der Waals surface area contributed by atoms with E-state index in [4.69, 9.17) is 9.47 Å². The van der Waals surface area contributed by atoms with E-state index >= 15 is 0 Å². The molecule has 29 heavy (non-hydrogen) atoms. The van der Waals surface area contributed by atoms with Gasteiger partial charge in [-0.1, -0.05) is 18.2 Å². The molecule has 2 amide bonds. The Morgan fingerprint density at radius 1 is 0.966 bits per heavy atom. The number of hydrogen-bond donors (Lipinski definition) is 1. The van der Waals surface area contributed by atoms with Crippen LogP contribution in [-0.2, 0) is 9.59 Å². The smallest absolute Gasteiger partial charge is 0.282 e. The lowest BCUT2D eigenvalue weighted by atomic mass is 10.1. The van der Waals surface area contributed by atoms with Gasteiger partial charge < -0.3 is 14.8 Å². The normalized spacial score (nSPS) is 15.4. The van der Waals surface area contributed by atoms with E-state index in [1.54, 1.807) is 24.3 Å². The molecule has 2 aliphatic heterocycles. The Balaban J connectivity index is 1.58. The number of hydrogen-bond acceptors (Lipinski definition) is 6. The summed E-state index contributed by atoms with van der Waals surface area (Å²) in [4.78, 5) is 28.5. The Bertz CT molecular complexity index is 1170. The molecule has 0 spiro atoms. The standard InChI is InChI=1S/C22H16N2O4S/c1-13-4-2-5-15(10-13)24-21(25)19(18-6-3-9-29-18)20(22(24)26)23-14-7-8-16-17(11-14)28-12-27-16/h2-11,23H,12H2,1H3. The molecule has 6 nitrogen and oxygen atoms in total. The second-order valence-corrected chi connectivity index (χ2v) is 7.65. The lowest BCUT2D eigenvalue weighted by Crippen LogP contribution is -2.32. The number of thiophene rings is 1. The summed E-state index contributed by atoms with van der Waals surface area (Å²) in [5, 5.41) is 5.02. The minimum absolute atomic E-state index is 0.167. The molecular formula is C22H16N2O4S. The lowest BCUT2D eigenvalue weighted by Gasteiger charge is -2.16. The lowest BCUT2D eigenvalue weighted by molar-refractivity contribution is -0.120. The zero-order valence-electron chi connectivity index (χ0n) is 15.5. The fourth-order valence-electron chi connectivity index (χ4n) is 3.42. The molecule has 0 unspecified atom stereocenters. The molecule has 3 heterocycles. The number of imide groups is 1. The molecule has 5 rings (SSSR count). The van der Waals surface area contributed by atoms with E-state index in [-0.39, 0.29) is 24.3 Å². The zero-order valence-corrected chi connectivity index (χ0v) is 16.3. The van der Waals surface area contributed by atoms with E-state index in [0.29, 0.717) is 28.4 Å². The number of rotatable bonds is 4. The molecule has 1 N–H and O–H groups in total. The predicted molar refractivity (Wildman–Crippen MR) is 111 cm³/mol. The summed E-state index contributed by atoms with van der Waals surface area (Å²) in [6.45, 7) is 2.09. The third kappa shape index (κ3) is 2.96. The first-order valence-electron chi connectivity index (χ1n) is 9.02. The van der Waals surface area contributed by atoms with Crippen molar-refractivity contribution in [2.45, 2.75) is 6.92 Å². The largest absolute Gasteiger partial charge is 0.454 e. The highest BCUT2D eigenvalue weighted by Crippen LogP contribution is 2.38. The van der Waals surface area contributed by atoms with E-state index in [1.165, 1.54) is 16.2 Å². The van der Waals surface area contributed by atoms with Crippen LogP contribution in [0.5, 0.6) is 11.5 Å². The van der Waals surface area contributed by atoms with E-state index < -0.39 is 0 Å². The Labute approximate surface area is 171 Å². The second-order valence-electron chi connectivity index (χ2n) is 6.71. The summed E-state index contributed by atoms with van der Waals surface area (Å²) < 4.78 is 10.8. The highest BCUT2D eigenvalue weighted by Gasteiger charge is 2.40. The fourth-order valence-corrected chi connectivity index (χ4v) is 4.18. The van der Waals surface area contributed by atoms with Crippen LogP contribution in [0.3, 0.4) is 0 Å². The molecule has 0 saturated heterocycles. The first kappa shape index (κ1) is 17.5. The van der Waals surface area contributed by atoms with Gasteiger partial charge >= 0.3 is 0 Å². The van der Waals surface area contributed by atoms with Crippen LogP contribution in [0.1, 0.15) is 10.4 Å². The van der Waals surface area contributed by atoms with Crippen LogP contribution in [0.2, 0.25) is 0 Å². The van der Waals surface area contributed by atoms with Crippen molar-refractivity contribution in [1.29, 1.82) is 0 Å². The van der Waals surface area contributed by atoms with Gasteiger partial charge in [-0.2, -0.15) is 0 Å². The highest BCUT2D eigenvalue weighted by molar-refractivity contribution is 7.11. The molecule has 7 heteroatoms. The van der Waals surface area contributed by atoms with Crippen molar-refractivity contribution in [1.82, 2.24) is 0 Å². The van der Waals surface area contributed by atoms with Gasteiger partial charge in [0.2, 0.25) is 6.79 Å². The van der Waals surface area contributed by atoms with Crippen LogP contribution in [0.15, 0.2) is 65.7 Å². The molecule has 0 bridgehead atoms. The number of aryl methyl sites for hydroxylation is 1. The third-order valence-electron chi connectivity index (χ3n) is 4.75. The van der Waals surface area contributed by atoms with Crippen molar-refractivity contribution in [2.24, 2.45) is 0 Å². The third-order valence-corrected chi connectivity index (χ3v) is 5.64. The van der Waals surface area contributed by atoms with Crippen LogP contribution in [0, 0.1) is 6.92 Å². The first-order chi connectivity index (χ1) is 14.1. The van der Waals surface area contributed by atoms with E-state index in [9.17, 15) is 9.59 Å². The molecule has 0 aliphatic carbocycles. The van der Waals surface area contributed by atoms with Gasteiger partial charge in [0.15, 0.2) is 11.5 Å². The summed E-state index contributed by atoms with van der Waals surface area (Å²) in [5.74, 6) is 0.520. The van der Waals surface area contributed by atoms with Crippen LogP contribution in [-0.4, -0.2) is 18.6 Å². The molecule has 2 aliphatic rings. The Kier molecular flexibility index (Phi) is 4.10. The van der Waals surface area contributed by atoms with Crippen molar-refractivity contribution < 1.29 is 19.1 Å². The maximum atomic E-state index is 13.3. The number of fused-ring (bicyclic) bond motifs is 1. The first-order valence-corrected chi connectivity index (χ1v) is 9.90. The van der Waals surface area contributed by atoms with Gasteiger partial charge in [-0.15, -0.1) is 11.3 Å². The number of amides is 2. The van der Waals surface area contributed by atoms with Crippen molar-refractivity contribution in [3.63, 3.8) is 0 Å². The number of ether oxygens (including phenoxy) is 2. The molecular weight excluding hydrogens is 388 g/mol. The SMILES string of the molecule is Cc1cccc(N2C(=O)C(Nc3ccc4c(c3)OCO4)=C(c3cccs3)C2=O)c1. The van der Waals surface area contributed by atoms with Crippen LogP contribution < -0.4 is 19.7 Å². The average Bonchev–Trinajstić information content (AvgIpc) is 3.43. The molecule has 3 aromatic rings. The predicted octanol–water partition coefficient (Wildman–Crippen LogP) is 4.18. The Morgan fingerprint density at radius 2 is 1.83 bits per heavy atom. The van der Waals surface area contributed by atoms with Crippen LogP contribution >= 0.6 is 11.3 Å². The summed E-state index contributed by atoms with van der Waals surface area (Å²) in [6, 6.07) is 16.4. The molecule has 1 aromatic heterocycles. The van der Waals surface area contributed by atoms with E-state index in [0.717, 1.165) is 10.4 Å². The van der Waals surface area contributed by atoms with E-state index in [2.05, 4.69) is 5.32 Å². The van der Waals surface area contributed by atoms with Crippen molar-refractivity contribution in [3.8, 4) is 11.5 Å². The summed E-state index contributed by atoms with van der Waals surface area (Å²) >= 11 is 1.42. The molecule has 2 aromatic carbocycles. The second kappa shape index (κ2) is 6.79. The fraction of sp³-hybridized carbons (Fsp3) is 0.0909. The zero-order chi connectivity index (χ0) is 20.0. The van der Waals surface area contributed by atoms with Gasteiger partial charge in [-0.05, 0) is 48.2 Å². The van der Waals surface area contributed by atoms with Crippen LogP contribution in [0.25, 0.3) is 5.57 Å². The maximum absolute atomic E-state index is 13.3. The summed E-state index contributed by atoms with van der Waals surface area (Å²) in [7, 11) is 0. The van der Waals surface area contributed by atoms with Crippen LogP contribution in [0.4, 0.5) is 11.4 Å². The minimum atomic E-state index is -0.387. The van der Waals surface area contributed by atoms with Gasteiger partial charge in [-0.3, -0.25) is 9.59 Å². The monoisotopic (exact) mass is 404 g/mol. The van der Waals surface area contributed by atoms with Crippen molar-refractivity contribution in [3.05, 3.63) is 76.1 Å². The molecule has 0 saturated carbocycles. The van der Waals surface area contributed by atoms with Gasteiger partial charge in [0, 0.05) is 16.6 Å². The maximum Gasteiger partial charge on any atom is 0.282 e. The number of nitrogens with zero attached hydrogens (tertiary/aromatic N) is 1. The van der Waals surface area contributed by atoms with Crippen molar-refractivity contribution >= 4 is 40.1 Å². The average molecular weight is 404 g/mol. The van der Waals surface area contributed by atoms with Gasteiger partial charge in [-0.25, -0.2) is 4.90 Å². The number of benzene rings is 2. The van der Waals surface area contributed by atoms with E-state index in [1.807, 2.05) is 42.6 Å². The Hall–Kier alpha value is -3.58. The molecule has 0 atom stereocenters. The molecule has 144 valence electrons. The van der Waals surface area contributed by atoms with Gasteiger partial charge in [0.05, 0.1) is 11.3 Å². The summed E-state index contributed by atoms with van der Waals surface area (Å²) in [6.07, 6.45) is 0. The van der Waals surface area contributed by atoms with Gasteiger partial charge in [0.25, 0.3) is 11.8 Å². The number of nitrogens with one attached hydrogen (secondary N) is 1. The summed E-state index contributed by atoms with van der Waals surface area (Å²) in [5.41, 5.74) is 2.78. The number of carbonyl (C=O) groups is 2. The topological polar surface area (TPSA) is 67.9 Å².